The van der Waals surface area contributed by atoms with Gasteiger partial charge in [-0.15, -0.1) is 0 Å². The van der Waals surface area contributed by atoms with Crippen LogP contribution in [0.2, 0.25) is 0 Å². The van der Waals surface area contributed by atoms with E-state index in [0.717, 1.165) is 30.1 Å². The SMILES string of the molecule is CC(C)C1CC=C2C[C@@H](OCc3cccnc3)CC[C@]2(C)C1C(C)C. The van der Waals surface area contributed by atoms with E-state index in [9.17, 15) is 0 Å². The number of fused-ring (bicyclic) bond motifs is 1. The molecule has 2 unspecified atom stereocenters. The van der Waals surface area contributed by atoms with Gasteiger partial charge in [-0.25, -0.2) is 0 Å². The summed E-state index contributed by atoms with van der Waals surface area (Å²) in [5, 5.41) is 0. The maximum absolute atomic E-state index is 6.25. The number of hydrogen-bond donors (Lipinski definition) is 0. The molecule has 2 aliphatic rings. The lowest BCUT2D eigenvalue weighted by atomic mass is 9.52. The molecule has 2 aliphatic carbocycles. The van der Waals surface area contributed by atoms with Crippen LogP contribution in [0.4, 0.5) is 0 Å². The third-order valence-electron chi connectivity index (χ3n) is 6.78. The molecule has 1 aromatic rings. The largest absolute Gasteiger partial charge is 0.373 e. The van der Waals surface area contributed by atoms with Crippen molar-refractivity contribution in [1.29, 1.82) is 0 Å². The summed E-state index contributed by atoms with van der Waals surface area (Å²) in [6.07, 6.45) is 11.5. The van der Waals surface area contributed by atoms with Crippen molar-refractivity contribution in [3.63, 3.8) is 0 Å². The summed E-state index contributed by atoms with van der Waals surface area (Å²) in [5.74, 6) is 3.13. The first-order valence-corrected chi connectivity index (χ1v) is 10.1. The minimum atomic E-state index is 0.364. The van der Waals surface area contributed by atoms with Crippen LogP contribution in [-0.2, 0) is 11.3 Å². The third kappa shape index (κ3) is 3.84. The Hall–Kier alpha value is -1.15. The fourth-order valence-electron chi connectivity index (χ4n) is 5.55. The van der Waals surface area contributed by atoms with Crippen LogP contribution in [0.25, 0.3) is 0 Å². The zero-order chi connectivity index (χ0) is 18.0. The molecule has 0 radical (unpaired) electrons. The molecular formula is C23H35NO. The number of aromatic nitrogens is 1. The van der Waals surface area contributed by atoms with Gasteiger partial charge in [0, 0.05) is 12.4 Å². The Balaban J connectivity index is 1.70. The number of nitrogens with zero attached hydrogens (tertiary/aromatic N) is 1. The van der Waals surface area contributed by atoms with Gasteiger partial charge in [-0.2, -0.15) is 0 Å². The first-order chi connectivity index (χ1) is 11.9. The number of hydrogen-bond acceptors (Lipinski definition) is 2. The van der Waals surface area contributed by atoms with Gasteiger partial charge in [0.15, 0.2) is 0 Å². The van der Waals surface area contributed by atoms with Gasteiger partial charge in [0.25, 0.3) is 0 Å². The Morgan fingerprint density at radius 3 is 2.68 bits per heavy atom. The van der Waals surface area contributed by atoms with Gasteiger partial charge in [0.2, 0.25) is 0 Å². The summed E-state index contributed by atoms with van der Waals surface area (Å²) < 4.78 is 6.25. The molecule has 1 heterocycles. The number of ether oxygens (including phenoxy) is 1. The molecule has 3 rings (SSSR count). The number of allylic oxidation sites excluding steroid dienone is 1. The fraction of sp³-hybridized carbons (Fsp3) is 0.696. The van der Waals surface area contributed by atoms with Crippen molar-refractivity contribution < 1.29 is 4.74 Å². The van der Waals surface area contributed by atoms with Crippen molar-refractivity contribution in [3.05, 3.63) is 41.7 Å². The molecule has 0 amide bonds. The molecule has 0 aliphatic heterocycles. The first-order valence-electron chi connectivity index (χ1n) is 10.1. The Morgan fingerprint density at radius 1 is 1.24 bits per heavy atom. The lowest BCUT2D eigenvalue weighted by Gasteiger charge is -2.53. The maximum atomic E-state index is 6.25. The summed E-state index contributed by atoms with van der Waals surface area (Å²) in [5.41, 5.74) is 3.22. The summed E-state index contributed by atoms with van der Waals surface area (Å²) >= 11 is 0. The van der Waals surface area contributed by atoms with E-state index in [2.05, 4.69) is 51.7 Å². The highest BCUT2D eigenvalue weighted by molar-refractivity contribution is 5.24. The zero-order valence-electron chi connectivity index (χ0n) is 16.7. The molecule has 138 valence electrons. The molecule has 1 fully saturated rings. The summed E-state index contributed by atoms with van der Waals surface area (Å²) in [6.45, 7) is 12.9. The second-order valence-corrected chi connectivity index (χ2v) is 9.10. The number of rotatable bonds is 5. The molecule has 4 atom stereocenters. The highest BCUT2D eigenvalue weighted by Crippen LogP contribution is 2.56. The van der Waals surface area contributed by atoms with Crippen LogP contribution in [0, 0.1) is 29.1 Å². The molecule has 2 nitrogen and oxygen atoms in total. The molecular weight excluding hydrogens is 306 g/mol. The van der Waals surface area contributed by atoms with Crippen molar-refractivity contribution in [1.82, 2.24) is 4.98 Å². The van der Waals surface area contributed by atoms with E-state index >= 15 is 0 Å². The van der Waals surface area contributed by atoms with Crippen molar-refractivity contribution in [2.45, 2.75) is 73.0 Å². The molecule has 2 heteroatoms. The highest BCUT2D eigenvalue weighted by Gasteiger charge is 2.48. The third-order valence-corrected chi connectivity index (χ3v) is 6.78. The lowest BCUT2D eigenvalue weighted by molar-refractivity contribution is -0.0231. The van der Waals surface area contributed by atoms with Gasteiger partial charge >= 0.3 is 0 Å². The second kappa shape index (κ2) is 7.61. The molecule has 0 bridgehead atoms. The summed E-state index contributed by atoms with van der Waals surface area (Å²) in [7, 11) is 0. The molecule has 0 saturated heterocycles. The first kappa shape index (κ1) is 18.6. The van der Waals surface area contributed by atoms with Crippen LogP contribution in [0.3, 0.4) is 0 Å². The van der Waals surface area contributed by atoms with E-state index in [-0.39, 0.29) is 0 Å². The molecule has 0 aromatic carbocycles. The van der Waals surface area contributed by atoms with Gasteiger partial charge in [-0.1, -0.05) is 52.3 Å². The Labute approximate surface area is 154 Å². The van der Waals surface area contributed by atoms with Crippen molar-refractivity contribution in [3.8, 4) is 0 Å². The topological polar surface area (TPSA) is 22.1 Å². The molecule has 0 spiro atoms. The van der Waals surface area contributed by atoms with E-state index in [0.29, 0.717) is 18.1 Å². The monoisotopic (exact) mass is 341 g/mol. The van der Waals surface area contributed by atoms with Crippen LogP contribution >= 0.6 is 0 Å². The molecule has 1 aromatic heterocycles. The van der Waals surface area contributed by atoms with Crippen LogP contribution < -0.4 is 0 Å². The van der Waals surface area contributed by atoms with Gasteiger partial charge in [-0.3, -0.25) is 4.98 Å². The lowest BCUT2D eigenvalue weighted by Crippen LogP contribution is -2.46. The molecule has 25 heavy (non-hydrogen) atoms. The van der Waals surface area contributed by atoms with E-state index in [4.69, 9.17) is 4.74 Å². The average Bonchev–Trinajstić information content (AvgIpc) is 2.59. The van der Waals surface area contributed by atoms with Gasteiger partial charge in [0.1, 0.15) is 0 Å². The van der Waals surface area contributed by atoms with Gasteiger partial charge < -0.3 is 4.74 Å². The highest BCUT2D eigenvalue weighted by atomic mass is 16.5. The molecule has 0 N–H and O–H groups in total. The van der Waals surface area contributed by atoms with E-state index < -0.39 is 0 Å². The maximum Gasteiger partial charge on any atom is 0.0735 e. The Morgan fingerprint density at radius 2 is 2.04 bits per heavy atom. The quantitative estimate of drug-likeness (QED) is 0.610. The molecule has 1 saturated carbocycles. The predicted molar refractivity (Wildman–Crippen MR) is 104 cm³/mol. The fourth-order valence-corrected chi connectivity index (χ4v) is 5.55. The summed E-state index contributed by atoms with van der Waals surface area (Å²) in [6, 6.07) is 4.08. The Kier molecular flexibility index (Phi) is 5.68. The van der Waals surface area contributed by atoms with Gasteiger partial charge in [-0.05, 0) is 66.4 Å². The summed E-state index contributed by atoms with van der Waals surface area (Å²) in [4.78, 5) is 4.19. The average molecular weight is 342 g/mol. The standard InChI is InChI=1S/C23H35NO/c1-16(2)21-9-8-19-13-20(25-15-18-7-6-12-24-14-18)10-11-23(19,5)22(21)17(3)4/h6-8,12,14,16-17,20-22H,9-11,13,15H2,1-5H3/t20-,21?,22?,23-/m0/s1. The van der Waals surface area contributed by atoms with Gasteiger partial charge in [0.05, 0.1) is 12.7 Å². The van der Waals surface area contributed by atoms with Crippen LogP contribution in [0.1, 0.15) is 65.9 Å². The van der Waals surface area contributed by atoms with E-state index in [1.165, 1.54) is 24.8 Å². The zero-order valence-corrected chi connectivity index (χ0v) is 16.7. The van der Waals surface area contributed by atoms with Crippen molar-refractivity contribution >= 4 is 0 Å². The smallest absolute Gasteiger partial charge is 0.0735 e. The van der Waals surface area contributed by atoms with E-state index in [1.54, 1.807) is 5.57 Å². The van der Waals surface area contributed by atoms with Crippen LogP contribution in [0.5, 0.6) is 0 Å². The van der Waals surface area contributed by atoms with E-state index in [1.807, 2.05) is 18.5 Å². The normalized spacial score (nSPS) is 32.6. The van der Waals surface area contributed by atoms with Crippen molar-refractivity contribution in [2.75, 3.05) is 0 Å². The minimum absolute atomic E-state index is 0.364. The van der Waals surface area contributed by atoms with Crippen LogP contribution in [-0.4, -0.2) is 11.1 Å². The minimum Gasteiger partial charge on any atom is -0.373 e. The second-order valence-electron chi connectivity index (χ2n) is 9.10. The Bertz CT molecular complexity index is 591. The van der Waals surface area contributed by atoms with Crippen molar-refractivity contribution in [2.24, 2.45) is 29.1 Å². The predicted octanol–water partition coefficient (Wildman–Crippen LogP) is 6.03. The van der Waals surface area contributed by atoms with Crippen LogP contribution in [0.15, 0.2) is 36.2 Å². The number of pyridine rings is 1.